The first kappa shape index (κ1) is 13.4. The first-order valence-electron chi connectivity index (χ1n) is 7.42. The molecule has 1 heteroatoms. The minimum Gasteiger partial charge on any atom is -0.384 e. The van der Waals surface area contributed by atoms with E-state index in [1.54, 1.807) is 0 Å². The van der Waals surface area contributed by atoms with E-state index in [0.29, 0.717) is 0 Å². The molecular weight excluding hydrogens is 244 g/mol. The number of benzene rings is 2. The zero-order valence-electron chi connectivity index (χ0n) is 12.5. The molecule has 1 aliphatic rings. The van der Waals surface area contributed by atoms with Crippen LogP contribution in [0, 0.1) is 20.8 Å². The molecule has 1 saturated carbocycles. The highest BCUT2D eigenvalue weighted by molar-refractivity contribution is 5.42. The van der Waals surface area contributed by atoms with Crippen molar-refractivity contribution < 1.29 is 5.11 Å². The summed E-state index contributed by atoms with van der Waals surface area (Å²) in [6, 6.07) is 12.8. The number of hydrogen-bond acceptors (Lipinski definition) is 1. The van der Waals surface area contributed by atoms with Crippen molar-refractivity contribution in [1.29, 1.82) is 0 Å². The van der Waals surface area contributed by atoms with E-state index in [4.69, 9.17) is 0 Å². The predicted molar refractivity (Wildman–Crippen MR) is 83.1 cm³/mol. The van der Waals surface area contributed by atoms with E-state index in [-0.39, 0.29) is 0 Å². The van der Waals surface area contributed by atoms with Gasteiger partial charge in [-0.3, -0.25) is 0 Å². The van der Waals surface area contributed by atoms with E-state index < -0.39 is 6.10 Å². The number of rotatable bonds is 3. The van der Waals surface area contributed by atoms with E-state index >= 15 is 0 Å². The van der Waals surface area contributed by atoms with Crippen molar-refractivity contribution in [3.05, 3.63) is 69.8 Å². The van der Waals surface area contributed by atoms with Gasteiger partial charge in [0.15, 0.2) is 0 Å². The van der Waals surface area contributed by atoms with Crippen LogP contribution in [-0.2, 0) is 0 Å². The molecule has 1 unspecified atom stereocenters. The highest BCUT2D eigenvalue weighted by Crippen LogP contribution is 2.41. The average molecular weight is 266 g/mol. The molecule has 1 atom stereocenters. The van der Waals surface area contributed by atoms with Crippen LogP contribution in [0.2, 0.25) is 0 Å². The van der Waals surface area contributed by atoms with Gasteiger partial charge in [-0.25, -0.2) is 0 Å². The molecule has 1 fully saturated rings. The molecule has 0 aliphatic heterocycles. The zero-order chi connectivity index (χ0) is 14.3. The van der Waals surface area contributed by atoms with E-state index in [1.807, 2.05) is 6.07 Å². The van der Waals surface area contributed by atoms with E-state index in [9.17, 15) is 5.11 Å². The summed E-state index contributed by atoms with van der Waals surface area (Å²) in [5.74, 6) is 0.725. The van der Waals surface area contributed by atoms with Crippen LogP contribution in [0.3, 0.4) is 0 Å². The van der Waals surface area contributed by atoms with Crippen LogP contribution in [0.25, 0.3) is 0 Å². The maximum atomic E-state index is 10.7. The van der Waals surface area contributed by atoms with Crippen molar-refractivity contribution >= 4 is 0 Å². The van der Waals surface area contributed by atoms with Crippen molar-refractivity contribution in [3.63, 3.8) is 0 Å². The predicted octanol–water partition coefficient (Wildman–Crippen LogP) is 4.57. The summed E-state index contributed by atoms with van der Waals surface area (Å²) in [4.78, 5) is 0. The standard InChI is InChI=1S/C19H22O/c1-12-9-14(3)18(10-13(12)2)19(20)17-6-4-5-16(11-17)15-7-8-15/h4-6,9-11,15,19-20H,7-8H2,1-3H3. The second-order valence-electron chi connectivity index (χ2n) is 6.14. The number of aliphatic hydroxyl groups excluding tert-OH is 1. The quantitative estimate of drug-likeness (QED) is 0.862. The third-order valence-corrected chi connectivity index (χ3v) is 4.45. The summed E-state index contributed by atoms with van der Waals surface area (Å²) in [6.45, 7) is 6.30. The third-order valence-electron chi connectivity index (χ3n) is 4.45. The van der Waals surface area contributed by atoms with Crippen molar-refractivity contribution in [2.75, 3.05) is 0 Å². The number of aliphatic hydroxyl groups is 1. The summed E-state index contributed by atoms with van der Waals surface area (Å²) in [5, 5.41) is 10.7. The highest BCUT2D eigenvalue weighted by atomic mass is 16.3. The van der Waals surface area contributed by atoms with Crippen molar-refractivity contribution in [3.8, 4) is 0 Å². The Balaban J connectivity index is 1.97. The molecule has 0 aromatic heterocycles. The Bertz CT molecular complexity index is 638. The van der Waals surface area contributed by atoms with Crippen LogP contribution in [0.5, 0.6) is 0 Å². The molecule has 2 aromatic carbocycles. The molecule has 0 radical (unpaired) electrons. The molecule has 20 heavy (non-hydrogen) atoms. The second kappa shape index (κ2) is 5.06. The topological polar surface area (TPSA) is 20.2 Å². The maximum Gasteiger partial charge on any atom is 0.104 e. The summed E-state index contributed by atoms with van der Waals surface area (Å²) in [7, 11) is 0. The first-order valence-corrected chi connectivity index (χ1v) is 7.42. The van der Waals surface area contributed by atoms with Crippen molar-refractivity contribution in [2.45, 2.75) is 45.6 Å². The van der Waals surface area contributed by atoms with Crippen LogP contribution in [-0.4, -0.2) is 5.11 Å². The lowest BCUT2D eigenvalue weighted by atomic mass is 9.92. The Hall–Kier alpha value is -1.60. The fourth-order valence-corrected chi connectivity index (χ4v) is 2.86. The van der Waals surface area contributed by atoms with Gasteiger partial charge in [-0.1, -0.05) is 36.4 Å². The van der Waals surface area contributed by atoms with Crippen molar-refractivity contribution in [1.82, 2.24) is 0 Å². The Morgan fingerprint density at radius 3 is 2.35 bits per heavy atom. The molecule has 2 aromatic rings. The molecule has 0 spiro atoms. The lowest BCUT2D eigenvalue weighted by Crippen LogP contribution is -2.04. The highest BCUT2D eigenvalue weighted by Gasteiger charge is 2.24. The van der Waals surface area contributed by atoms with Crippen LogP contribution in [0.4, 0.5) is 0 Å². The molecule has 3 rings (SSSR count). The maximum absolute atomic E-state index is 10.7. The Labute approximate surface area is 121 Å². The smallest absolute Gasteiger partial charge is 0.104 e. The van der Waals surface area contributed by atoms with Crippen LogP contribution >= 0.6 is 0 Å². The molecule has 0 amide bonds. The normalized spacial score (nSPS) is 16.2. The van der Waals surface area contributed by atoms with Crippen molar-refractivity contribution in [2.24, 2.45) is 0 Å². The third kappa shape index (κ3) is 2.51. The first-order chi connectivity index (χ1) is 9.56. The van der Waals surface area contributed by atoms with Gasteiger partial charge in [-0.05, 0) is 72.9 Å². The van der Waals surface area contributed by atoms with E-state index in [0.717, 1.165) is 22.6 Å². The SMILES string of the molecule is Cc1cc(C)c(C(O)c2cccc(C3CC3)c2)cc1C. The summed E-state index contributed by atoms with van der Waals surface area (Å²) in [5.41, 5.74) is 7.11. The average Bonchev–Trinajstić information content (AvgIpc) is 3.27. The molecule has 0 heterocycles. The summed E-state index contributed by atoms with van der Waals surface area (Å²) < 4.78 is 0. The van der Waals surface area contributed by atoms with Gasteiger partial charge in [0.2, 0.25) is 0 Å². The van der Waals surface area contributed by atoms with Gasteiger partial charge >= 0.3 is 0 Å². The van der Waals surface area contributed by atoms with Crippen LogP contribution in [0.15, 0.2) is 36.4 Å². The van der Waals surface area contributed by atoms with Gasteiger partial charge in [0.05, 0.1) is 0 Å². The van der Waals surface area contributed by atoms with Gasteiger partial charge in [0.1, 0.15) is 6.10 Å². The van der Waals surface area contributed by atoms with Gasteiger partial charge < -0.3 is 5.11 Å². The van der Waals surface area contributed by atoms with Gasteiger partial charge in [-0.2, -0.15) is 0 Å². The lowest BCUT2D eigenvalue weighted by molar-refractivity contribution is 0.219. The molecule has 104 valence electrons. The number of hydrogen-bond donors (Lipinski definition) is 1. The molecular formula is C19H22O. The largest absolute Gasteiger partial charge is 0.384 e. The van der Waals surface area contributed by atoms with E-state index in [2.05, 4.69) is 51.1 Å². The van der Waals surface area contributed by atoms with Gasteiger partial charge in [-0.15, -0.1) is 0 Å². The minimum atomic E-state index is -0.520. The van der Waals surface area contributed by atoms with Crippen LogP contribution < -0.4 is 0 Å². The molecule has 1 nitrogen and oxygen atoms in total. The Morgan fingerprint density at radius 1 is 0.950 bits per heavy atom. The van der Waals surface area contributed by atoms with Gasteiger partial charge in [0.25, 0.3) is 0 Å². The fourth-order valence-electron chi connectivity index (χ4n) is 2.86. The zero-order valence-corrected chi connectivity index (χ0v) is 12.5. The molecule has 0 bridgehead atoms. The Morgan fingerprint density at radius 2 is 1.65 bits per heavy atom. The van der Waals surface area contributed by atoms with Crippen LogP contribution in [0.1, 0.15) is 58.2 Å². The fraction of sp³-hybridized carbons (Fsp3) is 0.368. The van der Waals surface area contributed by atoms with Gasteiger partial charge in [0, 0.05) is 0 Å². The molecule has 0 saturated heterocycles. The lowest BCUT2D eigenvalue weighted by Gasteiger charge is -2.17. The second-order valence-corrected chi connectivity index (χ2v) is 6.14. The summed E-state index contributed by atoms with van der Waals surface area (Å²) in [6.07, 6.45) is 2.07. The Kier molecular flexibility index (Phi) is 3.39. The molecule has 1 N–H and O–H groups in total. The monoisotopic (exact) mass is 266 g/mol. The van der Waals surface area contributed by atoms with E-state index in [1.165, 1.54) is 29.5 Å². The minimum absolute atomic E-state index is 0.520. The summed E-state index contributed by atoms with van der Waals surface area (Å²) >= 11 is 0. The molecule has 1 aliphatic carbocycles. The number of aryl methyl sites for hydroxylation is 3.